The molecule has 1 aliphatic heterocycles. The van der Waals surface area contributed by atoms with E-state index < -0.39 is 0 Å². The summed E-state index contributed by atoms with van der Waals surface area (Å²) in [5.41, 5.74) is 4.71. The molecule has 7 nitrogen and oxygen atoms in total. The lowest BCUT2D eigenvalue weighted by molar-refractivity contribution is 0.0962. The van der Waals surface area contributed by atoms with E-state index in [0.29, 0.717) is 12.0 Å². The van der Waals surface area contributed by atoms with Crippen molar-refractivity contribution >= 4 is 17.4 Å². The van der Waals surface area contributed by atoms with E-state index in [1.165, 1.54) is 5.69 Å². The van der Waals surface area contributed by atoms with Gasteiger partial charge in [0.15, 0.2) is 5.78 Å². The molecular weight excluding hydrogens is 428 g/mol. The summed E-state index contributed by atoms with van der Waals surface area (Å²) in [6.07, 6.45) is 1.24. The van der Waals surface area contributed by atoms with Gasteiger partial charge in [-0.1, -0.05) is 12.1 Å². The van der Waals surface area contributed by atoms with E-state index in [2.05, 4.69) is 34.1 Å². The van der Waals surface area contributed by atoms with Crippen LogP contribution in [0.1, 0.15) is 39.6 Å². The molecule has 1 atom stereocenters. The van der Waals surface area contributed by atoms with E-state index in [1.807, 2.05) is 31.2 Å². The molecule has 0 bridgehead atoms. The number of nitrogens with zero attached hydrogens (tertiary/aromatic N) is 4. The van der Waals surface area contributed by atoms with Crippen LogP contribution in [0.15, 0.2) is 48.5 Å². The summed E-state index contributed by atoms with van der Waals surface area (Å²) in [7, 11) is 3.34. The summed E-state index contributed by atoms with van der Waals surface area (Å²) in [5.74, 6) is 2.67. The summed E-state index contributed by atoms with van der Waals surface area (Å²) >= 11 is 0. The highest BCUT2D eigenvalue weighted by Gasteiger charge is 2.31. The summed E-state index contributed by atoms with van der Waals surface area (Å²) in [6, 6.07) is 16.2. The smallest absolute Gasteiger partial charge is 0.225 e. The van der Waals surface area contributed by atoms with E-state index >= 15 is 0 Å². The van der Waals surface area contributed by atoms with Crippen LogP contribution in [0.3, 0.4) is 0 Å². The lowest BCUT2D eigenvalue weighted by Crippen LogP contribution is -2.47. The van der Waals surface area contributed by atoms with Crippen molar-refractivity contribution in [2.45, 2.75) is 25.7 Å². The van der Waals surface area contributed by atoms with E-state index in [0.717, 1.165) is 67.0 Å². The third-order valence-corrected chi connectivity index (χ3v) is 6.89. The van der Waals surface area contributed by atoms with Crippen LogP contribution < -0.4 is 19.3 Å². The Hall–Kier alpha value is -3.61. The SMILES string of the molecule is COc1ccc([C@H]2CC(=O)c3c(C)nc(N4CCN(c5ccc(OC)cc5)CC4)nc3C2)cc1. The first-order valence-electron chi connectivity index (χ1n) is 11.7. The monoisotopic (exact) mass is 458 g/mol. The van der Waals surface area contributed by atoms with Gasteiger partial charge in [-0.25, -0.2) is 9.97 Å². The quantitative estimate of drug-likeness (QED) is 0.572. The van der Waals surface area contributed by atoms with Crippen LogP contribution in [0.5, 0.6) is 11.5 Å². The van der Waals surface area contributed by atoms with E-state index in [1.54, 1.807) is 14.2 Å². The van der Waals surface area contributed by atoms with Crippen molar-refractivity contribution in [2.24, 2.45) is 0 Å². The van der Waals surface area contributed by atoms with Crippen LogP contribution >= 0.6 is 0 Å². The van der Waals surface area contributed by atoms with Crippen molar-refractivity contribution in [1.82, 2.24) is 9.97 Å². The molecule has 2 heterocycles. The first-order valence-corrected chi connectivity index (χ1v) is 11.7. The molecule has 1 aliphatic carbocycles. The van der Waals surface area contributed by atoms with E-state index in [-0.39, 0.29) is 11.7 Å². The molecule has 5 rings (SSSR count). The lowest BCUT2D eigenvalue weighted by Gasteiger charge is -2.36. The maximum Gasteiger partial charge on any atom is 0.225 e. The topological polar surface area (TPSA) is 67.8 Å². The van der Waals surface area contributed by atoms with Gasteiger partial charge in [-0.05, 0) is 61.2 Å². The molecule has 0 spiro atoms. The molecule has 2 aliphatic rings. The minimum absolute atomic E-state index is 0.125. The number of rotatable bonds is 5. The molecule has 1 saturated heterocycles. The highest BCUT2D eigenvalue weighted by molar-refractivity contribution is 5.99. The van der Waals surface area contributed by atoms with Gasteiger partial charge in [0.2, 0.25) is 5.95 Å². The minimum Gasteiger partial charge on any atom is -0.497 e. The fourth-order valence-corrected chi connectivity index (χ4v) is 4.97. The molecular formula is C27H30N4O3. The summed E-state index contributed by atoms with van der Waals surface area (Å²) in [4.78, 5) is 27.3. The second-order valence-electron chi connectivity index (χ2n) is 8.90. The van der Waals surface area contributed by atoms with Crippen molar-refractivity contribution in [3.8, 4) is 11.5 Å². The van der Waals surface area contributed by atoms with Crippen molar-refractivity contribution in [3.05, 3.63) is 71.0 Å². The largest absolute Gasteiger partial charge is 0.497 e. The van der Waals surface area contributed by atoms with Crippen molar-refractivity contribution in [2.75, 3.05) is 50.2 Å². The molecule has 0 amide bonds. The number of aromatic nitrogens is 2. The number of aryl methyl sites for hydroxylation is 1. The molecule has 176 valence electrons. The van der Waals surface area contributed by atoms with Gasteiger partial charge >= 0.3 is 0 Å². The average Bonchev–Trinajstić information content (AvgIpc) is 2.88. The fraction of sp³-hybridized carbons (Fsp3) is 0.370. The Morgan fingerprint density at radius 3 is 2.00 bits per heavy atom. The number of carbonyl (C=O) groups is 1. The van der Waals surface area contributed by atoms with Crippen LogP contribution in [-0.4, -0.2) is 56.1 Å². The van der Waals surface area contributed by atoms with Gasteiger partial charge in [0.1, 0.15) is 11.5 Å². The van der Waals surface area contributed by atoms with Crippen LogP contribution in [0.25, 0.3) is 0 Å². The van der Waals surface area contributed by atoms with E-state index in [9.17, 15) is 4.79 Å². The number of ether oxygens (including phenoxy) is 2. The van der Waals surface area contributed by atoms with Crippen LogP contribution in [0, 0.1) is 6.92 Å². The van der Waals surface area contributed by atoms with Crippen molar-refractivity contribution in [1.29, 1.82) is 0 Å². The summed E-state index contributed by atoms with van der Waals surface area (Å²) in [5, 5.41) is 0. The molecule has 0 N–H and O–H groups in total. The zero-order valence-electron chi connectivity index (χ0n) is 20.0. The Labute approximate surface area is 200 Å². The first kappa shape index (κ1) is 22.2. The summed E-state index contributed by atoms with van der Waals surface area (Å²) < 4.78 is 10.5. The molecule has 7 heteroatoms. The van der Waals surface area contributed by atoms with Gasteiger partial charge in [0.05, 0.1) is 31.2 Å². The third kappa shape index (κ3) is 4.30. The molecule has 3 aromatic rings. The molecule has 0 radical (unpaired) electrons. The predicted molar refractivity (Wildman–Crippen MR) is 133 cm³/mol. The van der Waals surface area contributed by atoms with E-state index in [4.69, 9.17) is 19.4 Å². The van der Waals surface area contributed by atoms with Gasteiger partial charge in [0, 0.05) is 38.3 Å². The number of piperazine rings is 1. The first-order chi connectivity index (χ1) is 16.6. The zero-order chi connectivity index (χ0) is 23.7. The van der Waals surface area contributed by atoms with Crippen molar-refractivity contribution < 1.29 is 14.3 Å². The number of carbonyl (C=O) groups excluding carboxylic acids is 1. The number of Topliss-reactive ketones (excluding diaryl/α,β-unsaturated/α-hetero) is 1. The number of methoxy groups -OCH3 is 2. The molecule has 0 saturated carbocycles. The summed E-state index contributed by atoms with van der Waals surface area (Å²) in [6.45, 7) is 5.38. The third-order valence-electron chi connectivity index (χ3n) is 6.89. The van der Waals surface area contributed by atoms with Gasteiger partial charge in [-0.15, -0.1) is 0 Å². The number of fused-ring (bicyclic) bond motifs is 1. The maximum absolute atomic E-state index is 13.0. The minimum atomic E-state index is 0.125. The van der Waals surface area contributed by atoms with Crippen molar-refractivity contribution in [3.63, 3.8) is 0 Å². The Bertz CT molecular complexity index is 1170. The Kier molecular flexibility index (Phi) is 6.09. The number of hydrogen-bond donors (Lipinski definition) is 0. The molecule has 34 heavy (non-hydrogen) atoms. The standard InChI is InChI=1S/C27H30N4O3/c1-18-26-24(16-20(17-25(26)32)19-4-8-22(33-2)9-5-19)29-27(28-18)31-14-12-30(13-15-31)21-6-10-23(34-3)11-7-21/h4-11,20H,12-17H2,1-3H3/t20-/m1/s1. The maximum atomic E-state index is 13.0. The average molecular weight is 459 g/mol. The van der Waals surface area contributed by atoms with Gasteiger partial charge < -0.3 is 19.3 Å². The highest BCUT2D eigenvalue weighted by atomic mass is 16.5. The van der Waals surface area contributed by atoms with Crippen LogP contribution in [0.2, 0.25) is 0 Å². The number of anilines is 2. The Morgan fingerprint density at radius 1 is 0.794 bits per heavy atom. The lowest BCUT2D eigenvalue weighted by atomic mass is 9.81. The highest BCUT2D eigenvalue weighted by Crippen LogP contribution is 2.34. The molecule has 1 fully saturated rings. The van der Waals surface area contributed by atoms with Gasteiger partial charge in [0.25, 0.3) is 0 Å². The Balaban J connectivity index is 1.32. The second kappa shape index (κ2) is 9.33. The predicted octanol–water partition coefficient (Wildman–Crippen LogP) is 4.04. The second-order valence-corrected chi connectivity index (χ2v) is 8.90. The van der Waals surface area contributed by atoms with Crippen LogP contribution in [0.4, 0.5) is 11.6 Å². The zero-order valence-corrected chi connectivity index (χ0v) is 20.0. The molecule has 1 aromatic heterocycles. The fourth-order valence-electron chi connectivity index (χ4n) is 4.97. The number of ketones is 1. The van der Waals surface area contributed by atoms with Crippen LogP contribution in [-0.2, 0) is 6.42 Å². The number of hydrogen-bond acceptors (Lipinski definition) is 7. The molecule has 0 unspecified atom stereocenters. The Morgan fingerprint density at radius 2 is 1.38 bits per heavy atom. The van der Waals surface area contributed by atoms with Gasteiger partial charge in [-0.3, -0.25) is 4.79 Å². The molecule has 2 aromatic carbocycles. The normalized spacial score (nSPS) is 18.0. The van der Waals surface area contributed by atoms with Gasteiger partial charge in [-0.2, -0.15) is 0 Å². The number of benzene rings is 2.